The van der Waals surface area contributed by atoms with Gasteiger partial charge in [0, 0.05) is 13.7 Å². The molecule has 0 atom stereocenters. The van der Waals surface area contributed by atoms with Crippen molar-refractivity contribution in [3.63, 3.8) is 0 Å². The molecule has 0 bridgehead atoms. The van der Waals surface area contributed by atoms with Crippen molar-refractivity contribution in [3.8, 4) is 11.5 Å². The van der Waals surface area contributed by atoms with Crippen molar-refractivity contribution >= 4 is 24.0 Å². The van der Waals surface area contributed by atoms with Crippen LogP contribution in [-0.2, 0) is 9.53 Å². The largest absolute Gasteiger partial charge is 0.455 e. The highest BCUT2D eigenvalue weighted by atomic mass is 35.5. The maximum Gasteiger partial charge on any atom is 0.238 e. The van der Waals surface area contributed by atoms with Crippen LogP contribution in [0.15, 0.2) is 48.5 Å². The van der Waals surface area contributed by atoms with Gasteiger partial charge in [0.05, 0.1) is 18.8 Å². The Morgan fingerprint density at radius 2 is 1.79 bits per heavy atom. The van der Waals surface area contributed by atoms with E-state index in [1.807, 2.05) is 55.5 Å². The molecule has 0 saturated heterocycles. The summed E-state index contributed by atoms with van der Waals surface area (Å²) in [6.45, 7) is 3.45. The number of carbonyl (C=O) groups excluding carboxylic acids is 1. The van der Waals surface area contributed by atoms with Crippen LogP contribution in [0.5, 0.6) is 11.5 Å². The number of benzene rings is 2. The fourth-order valence-corrected chi connectivity index (χ4v) is 1.96. The number of hydrogen-bond acceptors (Lipinski definition) is 4. The molecular weight excluding hydrogens is 328 g/mol. The van der Waals surface area contributed by atoms with Gasteiger partial charge in [0.15, 0.2) is 5.75 Å². The molecule has 2 N–H and O–H groups in total. The molecule has 1 amide bonds. The Morgan fingerprint density at radius 1 is 1.08 bits per heavy atom. The average molecular weight is 351 g/mol. The lowest BCUT2D eigenvalue weighted by molar-refractivity contribution is -0.115. The molecule has 0 radical (unpaired) electrons. The first-order valence-corrected chi connectivity index (χ1v) is 7.52. The van der Waals surface area contributed by atoms with Crippen LogP contribution in [0, 0.1) is 6.92 Å². The zero-order valence-electron chi connectivity index (χ0n) is 13.9. The first-order valence-electron chi connectivity index (χ1n) is 7.52. The molecule has 24 heavy (non-hydrogen) atoms. The molecule has 0 heterocycles. The third-order valence-electron chi connectivity index (χ3n) is 3.18. The molecule has 5 nitrogen and oxygen atoms in total. The van der Waals surface area contributed by atoms with Crippen molar-refractivity contribution in [2.75, 3.05) is 32.1 Å². The van der Waals surface area contributed by atoms with Crippen molar-refractivity contribution in [1.82, 2.24) is 5.32 Å². The van der Waals surface area contributed by atoms with Gasteiger partial charge in [-0.05, 0) is 31.2 Å². The lowest BCUT2D eigenvalue weighted by Crippen LogP contribution is -2.30. The Balaban J connectivity index is 0.00000288. The summed E-state index contributed by atoms with van der Waals surface area (Å²) < 4.78 is 10.8. The highest BCUT2D eigenvalue weighted by Gasteiger charge is 2.08. The Labute approximate surface area is 148 Å². The number of rotatable bonds is 8. The van der Waals surface area contributed by atoms with Crippen LogP contribution >= 0.6 is 12.4 Å². The van der Waals surface area contributed by atoms with Crippen LogP contribution in [0.4, 0.5) is 5.69 Å². The molecule has 0 saturated carbocycles. The summed E-state index contributed by atoms with van der Waals surface area (Å²) in [6.07, 6.45) is 0. The molecular formula is C18H23ClN2O3. The van der Waals surface area contributed by atoms with Gasteiger partial charge in [0.2, 0.25) is 5.91 Å². The van der Waals surface area contributed by atoms with E-state index in [0.29, 0.717) is 24.6 Å². The number of methoxy groups -OCH3 is 1. The van der Waals surface area contributed by atoms with Crippen molar-refractivity contribution in [2.24, 2.45) is 0 Å². The van der Waals surface area contributed by atoms with Gasteiger partial charge in [-0.25, -0.2) is 0 Å². The van der Waals surface area contributed by atoms with E-state index in [1.165, 1.54) is 5.56 Å². The minimum absolute atomic E-state index is 0. The van der Waals surface area contributed by atoms with E-state index in [9.17, 15) is 4.79 Å². The Kier molecular flexibility index (Phi) is 8.86. The number of para-hydroxylation sites is 2. The van der Waals surface area contributed by atoms with Crippen LogP contribution in [0.3, 0.4) is 0 Å². The number of ether oxygens (including phenoxy) is 2. The molecule has 2 aromatic rings. The van der Waals surface area contributed by atoms with Crippen LogP contribution in [0.2, 0.25) is 0 Å². The monoisotopic (exact) mass is 350 g/mol. The van der Waals surface area contributed by atoms with Gasteiger partial charge in [-0.3, -0.25) is 4.79 Å². The molecule has 0 aromatic heterocycles. The molecule has 0 fully saturated rings. The number of amides is 1. The quantitative estimate of drug-likeness (QED) is 0.716. The number of carbonyl (C=O) groups is 1. The fraction of sp³-hybridized carbons (Fsp3) is 0.278. The maximum atomic E-state index is 12.0. The first-order chi connectivity index (χ1) is 11.2. The standard InChI is InChI=1S/C18H22N2O3.ClH/c1-14-7-9-15(10-8-14)23-17-6-4-3-5-16(17)20-18(21)13-19-11-12-22-2;/h3-10,19H,11-13H2,1-2H3,(H,20,21);1H. The summed E-state index contributed by atoms with van der Waals surface area (Å²) in [4.78, 5) is 12.0. The van der Waals surface area contributed by atoms with E-state index >= 15 is 0 Å². The summed E-state index contributed by atoms with van der Waals surface area (Å²) in [7, 11) is 1.63. The molecule has 2 aromatic carbocycles. The molecule has 0 unspecified atom stereocenters. The maximum absolute atomic E-state index is 12.0. The van der Waals surface area contributed by atoms with Gasteiger partial charge in [-0.1, -0.05) is 29.8 Å². The third-order valence-corrected chi connectivity index (χ3v) is 3.18. The zero-order valence-corrected chi connectivity index (χ0v) is 14.7. The van der Waals surface area contributed by atoms with Gasteiger partial charge >= 0.3 is 0 Å². The van der Waals surface area contributed by atoms with Gasteiger partial charge in [-0.15, -0.1) is 12.4 Å². The fourth-order valence-electron chi connectivity index (χ4n) is 1.96. The molecule has 0 spiro atoms. The number of aryl methyl sites for hydroxylation is 1. The molecule has 2 rings (SSSR count). The third kappa shape index (κ3) is 6.58. The van der Waals surface area contributed by atoms with E-state index in [1.54, 1.807) is 7.11 Å². The Bertz CT molecular complexity index is 632. The van der Waals surface area contributed by atoms with Crippen molar-refractivity contribution < 1.29 is 14.3 Å². The van der Waals surface area contributed by atoms with Crippen molar-refractivity contribution in [3.05, 3.63) is 54.1 Å². The van der Waals surface area contributed by atoms with Crippen LogP contribution in [0.1, 0.15) is 5.56 Å². The van der Waals surface area contributed by atoms with Crippen molar-refractivity contribution in [2.45, 2.75) is 6.92 Å². The van der Waals surface area contributed by atoms with Gasteiger partial charge in [0.1, 0.15) is 5.75 Å². The van der Waals surface area contributed by atoms with E-state index < -0.39 is 0 Å². The van der Waals surface area contributed by atoms with Gasteiger partial charge in [-0.2, -0.15) is 0 Å². The summed E-state index contributed by atoms with van der Waals surface area (Å²) in [6, 6.07) is 15.1. The summed E-state index contributed by atoms with van der Waals surface area (Å²) >= 11 is 0. The Hall–Kier alpha value is -2.08. The lowest BCUT2D eigenvalue weighted by atomic mass is 10.2. The summed E-state index contributed by atoms with van der Waals surface area (Å²) in [5.74, 6) is 1.22. The molecule has 0 aliphatic heterocycles. The predicted molar refractivity (Wildman–Crippen MR) is 98.3 cm³/mol. The first kappa shape index (κ1) is 20.0. The minimum Gasteiger partial charge on any atom is -0.455 e. The van der Waals surface area contributed by atoms with Crippen molar-refractivity contribution in [1.29, 1.82) is 0 Å². The van der Waals surface area contributed by atoms with E-state index in [0.717, 1.165) is 5.75 Å². The highest BCUT2D eigenvalue weighted by molar-refractivity contribution is 5.93. The van der Waals surface area contributed by atoms with E-state index in [4.69, 9.17) is 9.47 Å². The van der Waals surface area contributed by atoms with Crippen LogP contribution in [-0.4, -0.2) is 32.7 Å². The van der Waals surface area contributed by atoms with Crippen LogP contribution < -0.4 is 15.4 Å². The topological polar surface area (TPSA) is 59.6 Å². The van der Waals surface area contributed by atoms with E-state index in [2.05, 4.69) is 10.6 Å². The smallest absolute Gasteiger partial charge is 0.238 e. The number of hydrogen-bond donors (Lipinski definition) is 2. The second-order valence-electron chi connectivity index (χ2n) is 5.13. The highest BCUT2D eigenvalue weighted by Crippen LogP contribution is 2.29. The number of nitrogens with one attached hydrogen (secondary N) is 2. The second kappa shape index (κ2) is 10.6. The average Bonchev–Trinajstić information content (AvgIpc) is 2.55. The molecule has 130 valence electrons. The Morgan fingerprint density at radius 3 is 2.50 bits per heavy atom. The molecule has 6 heteroatoms. The van der Waals surface area contributed by atoms with Crippen LogP contribution in [0.25, 0.3) is 0 Å². The zero-order chi connectivity index (χ0) is 16.5. The van der Waals surface area contributed by atoms with E-state index in [-0.39, 0.29) is 24.9 Å². The molecule has 0 aliphatic rings. The molecule has 0 aliphatic carbocycles. The SMILES string of the molecule is COCCNCC(=O)Nc1ccccc1Oc1ccc(C)cc1.Cl. The minimum atomic E-state index is -0.124. The summed E-state index contributed by atoms with van der Waals surface area (Å²) in [5.41, 5.74) is 1.81. The second-order valence-corrected chi connectivity index (χ2v) is 5.13. The number of anilines is 1. The number of halogens is 1. The normalized spacial score (nSPS) is 9.92. The van der Waals surface area contributed by atoms with Gasteiger partial charge in [0.25, 0.3) is 0 Å². The van der Waals surface area contributed by atoms with Gasteiger partial charge < -0.3 is 20.1 Å². The predicted octanol–water partition coefficient (Wildman–Crippen LogP) is 3.38. The summed E-state index contributed by atoms with van der Waals surface area (Å²) in [5, 5.41) is 5.86. The lowest BCUT2D eigenvalue weighted by Gasteiger charge is -2.12.